The summed E-state index contributed by atoms with van der Waals surface area (Å²) in [4.78, 5) is 38.3. The first-order valence-electron chi connectivity index (χ1n) is 34.9. The minimum Gasteiger partial charge on any atom is -0.462 e. The van der Waals surface area contributed by atoms with Crippen molar-refractivity contribution in [3.63, 3.8) is 0 Å². The second-order valence-electron chi connectivity index (χ2n) is 23.1. The van der Waals surface area contributed by atoms with E-state index < -0.39 is 6.10 Å². The average Bonchev–Trinajstić information content (AvgIpc) is 3.48. The molecule has 0 bridgehead atoms. The average molecular weight is 1140 g/mol. The summed E-state index contributed by atoms with van der Waals surface area (Å²) < 4.78 is 16.9. The molecule has 0 radical (unpaired) electrons. The van der Waals surface area contributed by atoms with Crippen molar-refractivity contribution in [3.8, 4) is 0 Å². The Labute approximate surface area is 508 Å². The highest BCUT2D eigenvalue weighted by atomic mass is 16.6. The summed E-state index contributed by atoms with van der Waals surface area (Å²) in [5.41, 5.74) is 0. The van der Waals surface area contributed by atoms with Gasteiger partial charge in [-0.3, -0.25) is 14.4 Å². The Morgan fingerprint density at radius 2 is 0.476 bits per heavy atom. The standard InChI is InChI=1S/C76H130O6/c1-4-7-10-13-16-19-22-24-26-28-30-31-32-33-34-35-36-37-38-39-40-41-42-43-44-45-47-48-50-52-54-57-60-63-66-69-75(78)81-72-73(71-80-74(77)68-65-62-59-56-21-18-15-12-9-6-3)82-76(79)70-67-64-61-58-55-53-51-49-46-29-27-25-23-20-17-14-11-8-5-2/h7,10,16,19,24,26,30-31,33-34,36-37,39-40,42-43,45,47,73H,4-6,8-9,11-15,17-18,20-23,25,27-29,32,35,38,41,44,46,48-72H2,1-3H3/b10-7-,19-16-,26-24-,31-30-,34-33-,37-36-,40-39-,43-42-,47-45-. The number of carbonyl (C=O) groups excluding carboxylic acids is 3. The van der Waals surface area contributed by atoms with Crippen LogP contribution in [0.15, 0.2) is 109 Å². The second kappa shape index (κ2) is 69.6. The Bertz CT molecular complexity index is 1640. The van der Waals surface area contributed by atoms with Gasteiger partial charge in [0.15, 0.2) is 6.10 Å². The molecule has 0 aromatic rings. The molecule has 82 heavy (non-hydrogen) atoms. The summed E-state index contributed by atoms with van der Waals surface area (Å²) in [5, 5.41) is 0. The Morgan fingerprint density at radius 1 is 0.256 bits per heavy atom. The monoisotopic (exact) mass is 1140 g/mol. The Hall–Kier alpha value is -3.93. The van der Waals surface area contributed by atoms with Crippen LogP contribution in [0.1, 0.15) is 335 Å². The quantitative estimate of drug-likeness (QED) is 0.0261. The molecule has 0 aliphatic rings. The molecule has 0 N–H and O–H groups in total. The molecular formula is C76H130O6. The second-order valence-corrected chi connectivity index (χ2v) is 23.1. The van der Waals surface area contributed by atoms with E-state index >= 15 is 0 Å². The van der Waals surface area contributed by atoms with Crippen LogP contribution in [0, 0.1) is 0 Å². The molecule has 0 spiro atoms. The molecule has 0 aliphatic carbocycles. The fraction of sp³-hybridized carbons (Fsp3) is 0.724. The van der Waals surface area contributed by atoms with E-state index in [1.54, 1.807) is 0 Å². The minimum atomic E-state index is -0.780. The molecule has 0 amide bonds. The molecule has 6 heteroatoms. The third-order valence-corrected chi connectivity index (χ3v) is 15.0. The smallest absolute Gasteiger partial charge is 0.306 e. The SMILES string of the molecule is CC/C=C\C/C=C\C/C=C\C/C=C\C/C=C\C/C=C\C/C=C\C/C=C\C/C=C\CCCCCCCCCC(=O)OCC(COC(=O)CCCCCCCCCCCC)OC(=O)CCCCCCCCCCCCCCCCCCCCC. The topological polar surface area (TPSA) is 78.9 Å². The number of ether oxygens (including phenoxy) is 3. The number of hydrogen-bond acceptors (Lipinski definition) is 6. The van der Waals surface area contributed by atoms with Gasteiger partial charge in [-0.1, -0.05) is 336 Å². The molecule has 0 aromatic carbocycles. The largest absolute Gasteiger partial charge is 0.462 e. The van der Waals surface area contributed by atoms with Gasteiger partial charge >= 0.3 is 17.9 Å². The van der Waals surface area contributed by atoms with Crippen LogP contribution in [0.2, 0.25) is 0 Å². The predicted octanol–water partition coefficient (Wildman–Crippen LogP) is 24.2. The van der Waals surface area contributed by atoms with Gasteiger partial charge in [-0.2, -0.15) is 0 Å². The van der Waals surface area contributed by atoms with Gasteiger partial charge in [0.05, 0.1) is 0 Å². The van der Waals surface area contributed by atoms with Gasteiger partial charge in [0.25, 0.3) is 0 Å². The van der Waals surface area contributed by atoms with Crippen LogP contribution in [0.5, 0.6) is 0 Å². The maximum Gasteiger partial charge on any atom is 0.306 e. The number of unbranched alkanes of at least 4 members (excludes halogenated alkanes) is 34. The maximum absolute atomic E-state index is 12.9. The normalized spacial score (nSPS) is 12.8. The molecule has 1 atom stereocenters. The van der Waals surface area contributed by atoms with E-state index in [0.717, 1.165) is 122 Å². The summed E-state index contributed by atoms with van der Waals surface area (Å²) in [5.74, 6) is -0.875. The molecule has 0 aromatic heterocycles. The third-order valence-electron chi connectivity index (χ3n) is 15.0. The number of carbonyl (C=O) groups is 3. The first-order valence-corrected chi connectivity index (χ1v) is 34.9. The van der Waals surface area contributed by atoms with Crippen molar-refractivity contribution >= 4 is 17.9 Å². The lowest BCUT2D eigenvalue weighted by Crippen LogP contribution is -2.30. The minimum absolute atomic E-state index is 0.0766. The van der Waals surface area contributed by atoms with E-state index in [-0.39, 0.29) is 31.1 Å². The Kier molecular flexibility index (Phi) is 66.2. The lowest BCUT2D eigenvalue weighted by Gasteiger charge is -2.18. The van der Waals surface area contributed by atoms with E-state index in [1.165, 1.54) is 173 Å². The van der Waals surface area contributed by atoms with Crippen molar-refractivity contribution in [1.82, 2.24) is 0 Å². The summed E-state index contributed by atoms with van der Waals surface area (Å²) in [7, 11) is 0. The van der Waals surface area contributed by atoms with Gasteiger partial charge in [0, 0.05) is 19.3 Å². The molecule has 6 nitrogen and oxygen atoms in total. The van der Waals surface area contributed by atoms with Gasteiger partial charge in [-0.15, -0.1) is 0 Å². The highest BCUT2D eigenvalue weighted by Gasteiger charge is 2.19. The number of esters is 3. The van der Waals surface area contributed by atoms with E-state index in [0.29, 0.717) is 19.3 Å². The fourth-order valence-electron chi connectivity index (χ4n) is 9.85. The zero-order chi connectivity index (χ0) is 59.2. The zero-order valence-corrected chi connectivity index (χ0v) is 54.0. The van der Waals surface area contributed by atoms with Crippen LogP contribution < -0.4 is 0 Å². The molecule has 0 saturated carbocycles. The lowest BCUT2D eigenvalue weighted by atomic mass is 10.0. The lowest BCUT2D eigenvalue weighted by molar-refractivity contribution is -0.167. The van der Waals surface area contributed by atoms with Crippen LogP contribution in [-0.2, 0) is 28.6 Å². The number of rotatable bonds is 63. The molecule has 0 rings (SSSR count). The van der Waals surface area contributed by atoms with E-state index in [9.17, 15) is 14.4 Å². The number of hydrogen-bond donors (Lipinski definition) is 0. The third kappa shape index (κ3) is 66.9. The van der Waals surface area contributed by atoms with E-state index in [4.69, 9.17) is 14.2 Å². The highest BCUT2D eigenvalue weighted by Crippen LogP contribution is 2.17. The molecule has 0 saturated heterocycles. The van der Waals surface area contributed by atoms with Crippen LogP contribution in [0.4, 0.5) is 0 Å². The van der Waals surface area contributed by atoms with Gasteiger partial charge in [-0.05, 0) is 89.9 Å². The van der Waals surface area contributed by atoms with Crippen molar-refractivity contribution in [2.75, 3.05) is 13.2 Å². The van der Waals surface area contributed by atoms with Crippen molar-refractivity contribution in [2.45, 2.75) is 341 Å². The molecule has 0 fully saturated rings. The summed E-state index contributed by atoms with van der Waals surface area (Å²) >= 11 is 0. The fourth-order valence-corrected chi connectivity index (χ4v) is 9.85. The first kappa shape index (κ1) is 78.1. The molecule has 0 heterocycles. The molecule has 1 unspecified atom stereocenters. The Balaban J connectivity index is 4.21. The molecular weight excluding hydrogens is 1010 g/mol. The van der Waals surface area contributed by atoms with Gasteiger partial charge in [-0.25, -0.2) is 0 Å². The van der Waals surface area contributed by atoms with Crippen molar-refractivity contribution < 1.29 is 28.6 Å². The molecule has 0 aliphatic heterocycles. The van der Waals surface area contributed by atoms with Crippen LogP contribution >= 0.6 is 0 Å². The van der Waals surface area contributed by atoms with E-state index in [2.05, 4.69) is 130 Å². The number of allylic oxidation sites excluding steroid dienone is 18. The van der Waals surface area contributed by atoms with Crippen molar-refractivity contribution in [2.24, 2.45) is 0 Å². The van der Waals surface area contributed by atoms with E-state index in [1.807, 2.05) is 0 Å². The Morgan fingerprint density at radius 3 is 0.744 bits per heavy atom. The molecule has 470 valence electrons. The summed E-state index contributed by atoms with van der Waals surface area (Å²) in [6, 6.07) is 0. The zero-order valence-electron chi connectivity index (χ0n) is 54.0. The predicted molar refractivity (Wildman–Crippen MR) is 357 cm³/mol. The van der Waals surface area contributed by atoms with Gasteiger partial charge < -0.3 is 14.2 Å². The maximum atomic E-state index is 12.9. The summed E-state index contributed by atoms with van der Waals surface area (Å²) in [6.07, 6.45) is 95.5. The summed E-state index contributed by atoms with van der Waals surface area (Å²) in [6.45, 7) is 6.54. The van der Waals surface area contributed by atoms with Crippen LogP contribution in [0.25, 0.3) is 0 Å². The van der Waals surface area contributed by atoms with Gasteiger partial charge in [0.2, 0.25) is 0 Å². The van der Waals surface area contributed by atoms with Crippen molar-refractivity contribution in [3.05, 3.63) is 109 Å². The van der Waals surface area contributed by atoms with Crippen LogP contribution in [-0.4, -0.2) is 37.2 Å². The highest BCUT2D eigenvalue weighted by molar-refractivity contribution is 5.71. The van der Waals surface area contributed by atoms with Gasteiger partial charge in [0.1, 0.15) is 13.2 Å². The van der Waals surface area contributed by atoms with Crippen LogP contribution in [0.3, 0.4) is 0 Å². The first-order chi connectivity index (χ1) is 40.5. The van der Waals surface area contributed by atoms with Crippen molar-refractivity contribution in [1.29, 1.82) is 0 Å².